The van der Waals surface area contributed by atoms with E-state index >= 15 is 0 Å². The van der Waals surface area contributed by atoms with Crippen LogP contribution >= 0.6 is 23.4 Å². The monoisotopic (exact) mass is 471 g/mol. The summed E-state index contributed by atoms with van der Waals surface area (Å²) < 4.78 is 1.99. The minimum atomic E-state index is -0.363. The van der Waals surface area contributed by atoms with Crippen molar-refractivity contribution >= 4 is 35.0 Å². The fourth-order valence-electron chi connectivity index (χ4n) is 3.10. The van der Waals surface area contributed by atoms with Crippen LogP contribution in [0.2, 0.25) is 5.02 Å². The van der Waals surface area contributed by atoms with E-state index in [9.17, 15) is 4.79 Å². The zero-order chi connectivity index (χ0) is 23.4. The van der Waals surface area contributed by atoms with E-state index in [-0.39, 0.29) is 17.2 Å². The molecule has 0 radical (unpaired) electrons. The summed E-state index contributed by atoms with van der Waals surface area (Å²) in [6, 6.07) is 15.6. The van der Waals surface area contributed by atoms with Crippen LogP contribution in [0, 0.1) is 0 Å². The number of thioether (sulfide) groups is 1. The van der Waals surface area contributed by atoms with Crippen molar-refractivity contribution in [2.75, 3.05) is 19.4 Å². The Kier molecular flexibility index (Phi) is 7.98. The molecule has 1 N–H and O–H groups in total. The molecular weight excluding hydrogens is 442 g/mol. The second-order valence-corrected chi connectivity index (χ2v) is 10.1. The lowest BCUT2D eigenvalue weighted by Gasteiger charge is -2.21. The minimum absolute atomic E-state index is 0.0381. The van der Waals surface area contributed by atoms with Gasteiger partial charge in [0.15, 0.2) is 11.0 Å². The molecule has 1 heterocycles. The van der Waals surface area contributed by atoms with E-state index in [1.165, 1.54) is 17.3 Å². The van der Waals surface area contributed by atoms with Crippen LogP contribution in [0.5, 0.6) is 0 Å². The van der Waals surface area contributed by atoms with Crippen LogP contribution in [0.3, 0.4) is 0 Å². The Labute approximate surface area is 199 Å². The molecule has 3 rings (SSSR count). The van der Waals surface area contributed by atoms with Gasteiger partial charge in [-0.2, -0.15) is 0 Å². The molecule has 0 saturated heterocycles. The van der Waals surface area contributed by atoms with Crippen LogP contribution in [0.4, 0.5) is 5.69 Å². The molecule has 0 bridgehead atoms. The van der Waals surface area contributed by atoms with Crippen molar-refractivity contribution in [2.24, 2.45) is 0 Å². The molecule has 2 atom stereocenters. The Morgan fingerprint density at radius 3 is 2.19 bits per heavy atom. The average Bonchev–Trinajstić information content (AvgIpc) is 3.17. The van der Waals surface area contributed by atoms with E-state index in [0.29, 0.717) is 16.1 Å². The topological polar surface area (TPSA) is 63.1 Å². The van der Waals surface area contributed by atoms with Crippen LogP contribution in [0.15, 0.2) is 53.7 Å². The molecule has 1 aromatic heterocycles. The van der Waals surface area contributed by atoms with Gasteiger partial charge >= 0.3 is 0 Å². The second kappa shape index (κ2) is 10.5. The zero-order valence-corrected chi connectivity index (χ0v) is 20.9. The van der Waals surface area contributed by atoms with E-state index in [1.807, 2.05) is 74.1 Å². The Hall–Kier alpha value is -2.35. The molecule has 0 aliphatic heterocycles. The molecule has 3 aromatic rings. The predicted molar refractivity (Wildman–Crippen MR) is 133 cm³/mol. The Morgan fingerprint density at radius 1 is 1.00 bits per heavy atom. The molecule has 6 nitrogen and oxygen atoms in total. The second-order valence-electron chi connectivity index (χ2n) is 8.32. The van der Waals surface area contributed by atoms with Crippen LogP contribution < -0.4 is 5.32 Å². The molecule has 0 saturated carbocycles. The average molecular weight is 472 g/mol. The third-order valence-corrected chi connectivity index (χ3v) is 6.68. The zero-order valence-electron chi connectivity index (χ0n) is 19.3. The molecule has 2 unspecified atom stereocenters. The van der Waals surface area contributed by atoms with Crippen molar-refractivity contribution in [2.45, 2.75) is 50.1 Å². The first-order chi connectivity index (χ1) is 15.2. The third kappa shape index (κ3) is 5.71. The lowest BCUT2D eigenvalue weighted by atomic mass is 10.0. The van der Waals surface area contributed by atoms with E-state index in [0.717, 1.165) is 17.2 Å². The maximum atomic E-state index is 12.9. The first-order valence-electron chi connectivity index (χ1n) is 10.6. The molecule has 8 heteroatoms. The van der Waals surface area contributed by atoms with Gasteiger partial charge in [0.05, 0.1) is 11.3 Å². The summed E-state index contributed by atoms with van der Waals surface area (Å²) in [4.78, 5) is 14.9. The van der Waals surface area contributed by atoms with Crippen molar-refractivity contribution in [3.05, 3.63) is 64.9 Å². The fourth-order valence-corrected chi connectivity index (χ4v) is 4.10. The highest BCUT2D eigenvalue weighted by Gasteiger charge is 2.24. The molecule has 1 amide bonds. The van der Waals surface area contributed by atoms with Crippen molar-refractivity contribution in [1.29, 1.82) is 0 Å². The highest BCUT2D eigenvalue weighted by molar-refractivity contribution is 8.00. The Morgan fingerprint density at radius 2 is 1.62 bits per heavy atom. The number of rotatable bonds is 8. The van der Waals surface area contributed by atoms with Crippen LogP contribution in [0.25, 0.3) is 5.69 Å². The molecule has 0 spiro atoms. The summed E-state index contributed by atoms with van der Waals surface area (Å²) in [6.45, 7) is 8.24. The number of hydrogen-bond acceptors (Lipinski definition) is 5. The van der Waals surface area contributed by atoms with E-state index in [4.69, 9.17) is 11.6 Å². The normalized spacial score (nSPS) is 13.4. The maximum absolute atomic E-state index is 12.9. The standard InChI is InChI=1S/C24H30ClN5OS/c1-15(2)18-7-11-20(12-8-18)26-23(31)17(4)32-24-28-27-22(16(3)29(5)6)30(24)21-13-9-19(25)10-14-21/h7-17H,1-6H3,(H,26,31). The Balaban J connectivity index is 1.82. The predicted octanol–water partition coefficient (Wildman–Crippen LogP) is 5.79. The van der Waals surface area contributed by atoms with Gasteiger partial charge in [-0.05, 0) is 75.8 Å². The number of amides is 1. The lowest BCUT2D eigenvalue weighted by molar-refractivity contribution is -0.115. The number of nitrogens with one attached hydrogen (secondary N) is 1. The van der Waals surface area contributed by atoms with Gasteiger partial charge in [-0.25, -0.2) is 0 Å². The first kappa shape index (κ1) is 24.3. The van der Waals surface area contributed by atoms with Gasteiger partial charge in [0.2, 0.25) is 5.91 Å². The largest absolute Gasteiger partial charge is 0.325 e. The van der Waals surface area contributed by atoms with Gasteiger partial charge in [0.25, 0.3) is 0 Å². The lowest BCUT2D eigenvalue weighted by Crippen LogP contribution is -2.23. The van der Waals surface area contributed by atoms with Gasteiger partial charge < -0.3 is 5.32 Å². The molecule has 2 aromatic carbocycles. The number of hydrogen-bond donors (Lipinski definition) is 1. The van der Waals surface area contributed by atoms with Crippen molar-refractivity contribution in [3.63, 3.8) is 0 Å². The smallest absolute Gasteiger partial charge is 0.237 e. The molecule has 0 aliphatic carbocycles. The summed E-state index contributed by atoms with van der Waals surface area (Å²) in [7, 11) is 4.00. The summed E-state index contributed by atoms with van der Waals surface area (Å²) >= 11 is 7.47. The van der Waals surface area contributed by atoms with Crippen LogP contribution in [-0.2, 0) is 4.79 Å². The van der Waals surface area contributed by atoms with Crippen molar-refractivity contribution in [1.82, 2.24) is 19.7 Å². The van der Waals surface area contributed by atoms with E-state index < -0.39 is 0 Å². The highest BCUT2D eigenvalue weighted by atomic mass is 35.5. The number of benzene rings is 2. The van der Waals surface area contributed by atoms with Crippen LogP contribution in [0.1, 0.15) is 51.0 Å². The van der Waals surface area contributed by atoms with Crippen molar-refractivity contribution < 1.29 is 4.79 Å². The molecule has 32 heavy (non-hydrogen) atoms. The minimum Gasteiger partial charge on any atom is -0.325 e. The summed E-state index contributed by atoms with van der Waals surface area (Å²) in [5.74, 6) is 1.17. The van der Waals surface area contributed by atoms with Crippen molar-refractivity contribution in [3.8, 4) is 5.69 Å². The number of halogens is 1. The number of nitrogens with zero attached hydrogens (tertiary/aromatic N) is 4. The first-order valence-corrected chi connectivity index (χ1v) is 11.9. The molecule has 170 valence electrons. The highest BCUT2D eigenvalue weighted by Crippen LogP contribution is 2.30. The number of anilines is 1. The maximum Gasteiger partial charge on any atom is 0.237 e. The molecule has 0 fully saturated rings. The van der Waals surface area contributed by atoms with E-state index in [2.05, 4.69) is 41.2 Å². The molecule has 0 aliphatic rings. The fraction of sp³-hybridized carbons (Fsp3) is 0.375. The quantitative estimate of drug-likeness (QED) is 0.421. The summed E-state index contributed by atoms with van der Waals surface area (Å²) in [5.41, 5.74) is 2.93. The third-order valence-electron chi connectivity index (χ3n) is 5.39. The molecular formula is C24H30ClN5OS. The SMILES string of the molecule is CC(Sc1nnc(C(C)N(C)C)n1-c1ccc(Cl)cc1)C(=O)Nc1ccc(C(C)C)cc1. The summed E-state index contributed by atoms with van der Waals surface area (Å²) in [5, 5.41) is 12.8. The number of aromatic nitrogens is 3. The Bertz CT molecular complexity index is 1050. The van der Waals surface area contributed by atoms with Gasteiger partial charge in [-0.15, -0.1) is 10.2 Å². The van der Waals surface area contributed by atoms with Gasteiger partial charge in [0, 0.05) is 16.4 Å². The summed E-state index contributed by atoms with van der Waals surface area (Å²) in [6.07, 6.45) is 0. The van der Waals surface area contributed by atoms with Gasteiger partial charge in [-0.3, -0.25) is 14.3 Å². The number of carbonyl (C=O) groups excluding carboxylic acids is 1. The van der Waals surface area contributed by atoms with Gasteiger partial charge in [0.1, 0.15) is 0 Å². The van der Waals surface area contributed by atoms with Gasteiger partial charge in [-0.1, -0.05) is 49.3 Å². The number of carbonyl (C=O) groups is 1. The van der Waals surface area contributed by atoms with Crippen LogP contribution in [-0.4, -0.2) is 44.9 Å². The van der Waals surface area contributed by atoms with E-state index in [1.54, 1.807) is 0 Å².